The van der Waals surface area contributed by atoms with E-state index in [0.717, 1.165) is 0 Å². The summed E-state index contributed by atoms with van der Waals surface area (Å²) in [5.74, 6) is 0. The fourth-order valence-corrected chi connectivity index (χ4v) is 0. The fraction of sp³-hybridized carbons (Fsp3) is 0. The van der Waals surface area contributed by atoms with Crippen molar-refractivity contribution in [1.82, 2.24) is 0 Å². The molecule has 0 saturated carbocycles. The van der Waals surface area contributed by atoms with E-state index in [1.807, 2.05) is 0 Å². The molecule has 0 heterocycles. The molecule has 0 aliphatic heterocycles. The van der Waals surface area contributed by atoms with Crippen LogP contribution in [0.4, 0.5) is 0 Å². The van der Waals surface area contributed by atoms with Gasteiger partial charge in [0.05, 0.1) is 0 Å². The number of hydrogen-bond acceptors (Lipinski definition) is 3. The van der Waals surface area contributed by atoms with Gasteiger partial charge in [-0.3, -0.25) is 14.4 Å². The van der Waals surface area contributed by atoms with Crippen molar-refractivity contribution in [3.05, 3.63) is 0 Å². The van der Waals surface area contributed by atoms with E-state index in [2.05, 4.69) is 0 Å². The molecule has 58 valence electrons. The second-order valence-corrected chi connectivity index (χ2v) is 0.316. The summed E-state index contributed by atoms with van der Waals surface area (Å²) in [7, 11) is 0. The molecule has 3 N–H and O–H groups in total. The van der Waals surface area contributed by atoms with E-state index in [-0.39, 0.29) is 60.3 Å². The Morgan fingerprint density at radius 3 is 0.700 bits per heavy atom. The molecule has 0 aliphatic carbocycles. The zero-order valence-electron chi connectivity index (χ0n) is 4.80. The van der Waals surface area contributed by atoms with Crippen LogP contribution in [-0.4, -0.2) is 34.7 Å². The van der Waals surface area contributed by atoms with Crippen LogP contribution in [0.5, 0.6) is 0 Å². The van der Waals surface area contributed by atoms with Crippen LogP contribution in [0.3, 0.4) is 0 Å². The molecule has 0 saturated heterocycles. The second kappa shape index (κ2) is 69.2. The van der Waals surface area contributed by atoms with Crippen LogP contribution < -0.4 is 0 Å². The fourth-order valence-electron chi connectivity index (χ4n) is 0. The van der Waals surface area contributed by atoms with Gasteiger partial charge in [-0.1, -0.05) is 0 Å². The molecule has 0 atom stereocenters. The van der Waals surface area contributed by atoms with Gasteiger partial charge in [0.1, 0.15) is 0 Å². The zero-order valence-corrected chi connectivity index (χ0v) is 8.01. The van der Waals surface area contributed by atoms with Gasteiger partial charge in [0.2, 0.25) is 0 Å². The minimum Gasteiger partial charge on any atom is -0.483 e. The average molecular weight is 282 g/mol. The van der Waals surface area contributed by atoms with Crippen molar-refractivity contribution in [3.8, 4) is 0 Å². The van der Waals surface area contributed by atoms with Crippen LogP contribution in [0.2, 0.25) is 0 Å². The van der Waals surface area contributed by atoms with Gasteiger partial charge in [-0.2, -0.15) is 0 Å². The van der Waals surface area contributed by atoms with E-state index >= 15 is 0 Å². The van der Waals surface area contributed by atoms with Gasteiger partial charge in [0, 0.05) is 40.8 Å². The number of carbonyl (C=O) groups is 3. The monoisotopic (exact) mass is 280 g/mol. The van der Waals surface area contributed by atoms with E-state index in [4.69, 9.17) is 29.7 Å². The van der Waals surface area contributed by atoms with Crippen molar-refractivity contribution < 1.29 is 70.5 Å². The molecule has 0 bridgehead atoms. The Morgan fingerprint density at radius 1 is 0.700 bits per heavy atom. The normalized spacial score (nSPS) is 3.60. The molecule has 0 rings (SSSR count). The Balaban J connectivity index is -0.0000000257. The Bertz CT molecular complexity index is 49.7. The van der Waals surface area contributed by atoms with Crippen molar-refractivity contribution in [1.29, 1.82) is 0 Å². The molecule has 6 nitrogen and oxygen atoms in total. The third-order valence-electron chi connectivity index (χ3n) is 0. The van der Waals surface area contributed by atoms with Gasteiger partial charge in [0.25, 0.3) is 19.4 Å². The Morgan fingerprint density at radius 2 is 0.700 bits per heavy atom. The maximum absolute atomic E-state index is 8.36. The van der Waals surface area contributed by atoms with Gasteiger partial charge in [-0.25, -0.2) is 0 Å². The van der Waals surface area contributed by atoms with Crippen LogP contribution in [0, 0.1) is 40.8 Å². The van der Waals surface area contributed by atoms with E-state index in [1.165, 1.54) is 0 Å². The van der Waals surface area contributed by atoms with Gasteiger partial charge in [-0.15, -0.1) is 0 Å². The summed E-state index contributed by atoms with van der Waals surface area (Å²) in [6.45, 7) is -0.750. The Kier molecular flexibility index (Phi) is 156. The van der Waals surface area contributed by atoms with Crippen LogP contribution >= 0.6 is 0 Å². The summed E-state index contributed by atoms with van der Waals surface area (Å²) in [5, 5.41) is 20.7. The van der Waals surface area contributed by atoms with E-state index in [9.17, 15) is 0 Å². The molecule has 0 aliphatic rings. The number of rotatable bonds is 0. The molecule has 0 amide bonds. The molecule has 0 aromatic rings. The molecular formula is C3H6NdO6. The first-order valence-corrected chi connectivity index (χ1v) is 1.48. The largest absolute Gasteiger partial charge is 0.483 e. The van der Waals surface area contributed by atoms with Crippen LogP contribution in [-0.2, 0) is 14.4 Å². The van der Waals surface area contributed by atoms with Crippen molar-refractivity contribution in [3.63, 3.8) is 0 Å². The summed E-state index contributed by atoms with van der Waals surface area (Å²) in [4.78, 5) is 25.1. The average Bonchev–Trinajstić information content (AvgIpc) is 1.70. The summed E-state index contributed by atoms with van der Waals surface area (Å²) in [6, 6.07) is 0. The minimum atomic E-state index is -0.250. The van der Waals surface area contributed by atoms with E-state index in [1.54, 1.807) is 0 Å². The first kappa shape index (κ1) is 22.6. The van der Waals surface area contributed by atoms with Crippen molar-refractivity contribution in [2.24, 2.45) is 0 Å². The first-order chi connectivity index (χ1) is 4.24. The molecule has 0 aromatic carbocycles. The molecule has 0 aromatic heterocycles. The summed E-state index contributed by atoms with van der Waals surface area (Å²) in [5.41, 5.74) is 0. The van der Waals surface area contributed by atoms with E-state index < -0.39 is 0 Å². The van der Waals surface area contributed by atoms with Gasteiger partial charge in [0.15, 0.2) is 0 Å². The smallest absolute Gasteiger partial charge is 0.290 e. The molecule has 0 unspecified atom stereocenters. The van der Waals surface area contributed by atoms with Crippen molar-refractivity contribution in [2.45, 2.75) is 0 Å². The third kappa shape index (κ3) is 6190. The molecule has 7 heteroatoms. The maximum atomic E-state index is 8.36. The van der Waals surface area contributed by atoms with Gasteiger partial charge < -0.3 is 15.3 Å². The first-order valence-electron chi connectivity index (χ1n) is 1.48. The predicted molar refractivity (Wildman–Crippen MR) is 26.1 cm³/mol. The Hall–Kier alpha value is -0.239. The third-order valence-corrected chi connectivity index (χ3v) is 0. The second-order valence-electron chi connectivity index (χ2n) is 0.316. The summed E-state index contributed by atoms with van der Waals surface area (Å²) >= 11 is 0. The predicted octanol–water partition coefficient (Wildman–Crippen LogP) is -0.898. The molecular weight excluding hydrogens is 276 g/mol. The molecule has 0 spiro atoms. The van der Waals surface area contributed by atoms with Crippen LogP contribution in [0.25, 0.3) is 0 Å². The maximum Gasteiger partial charge on any atom is 0.290 e. The van der Waals surface area contributed by atoms with Crippen molar-refractivity contribution >= 4 is 19.4 Å². The molecule has 0 radical (unpaired) electrons. The molecule has 0 fully saturated rings. The minimum absolute atomic E-state index is 0. The van der Waals surface area contributed by atoms with Crippen LogP contribution in [0.1, 0.15) is 0 Å². The van der Waals surface area contributed by atoms with Crippen molar-refractivity contribution in [2.75, 3.05) is 0 Å². The summed E-state index contributed by atoms with van der Waals surface area (Å²) < 4.78 is 0. The Labute approximate surface area is 89.4 Å². The quantitative estimate of drug-likeness (QED) is 0.497. The number of hydrogen-bond donors (Lipinski definition) is 3. The standard InChI is InChI=1S/3CH2O2.Nd/c3*2-1-3;/h3*1H,(H,2,3);. The van der Waals surface area contributed by atoms with Gasteiger partial charge >= 0.3 is 0 Å². The van der Waals surface area contributed by atoms with Gasteiger partial charge in [-0.05, 0) is 0 Å². The SMILES string of the molecule is O=CO.O=CO.O=CO.[Nd]. The van der Waals surface area contributed by atoms with E-state index in [0.29, 0.717) is 0 Å². The topological polar surface area (TPSA) is 112 Å². The number of carboxylic acid groups (broad SMARTS) is 3. The molecule has 10 heavy (non-hydrogen) atoms. The van der Waals surface area contributed by atoms with Crippen LogP contribution in [0.15, 0.2) is 0 Å². The zero-order chi connectivity index (χ0) is 8.12. The summed E-state index contributed by atoms with van der Waals surface area (Å²) in [6.07, 6.45) is 0.